The summed E-state index contributed by atoms with van der Waals surface area (Å²) in [4.78, 5) is 2.43. The number of aliphatic hydroxyl groups is 1. The maximum atomic E-state index is 14.3. The minimum absolute atomic E-state index is 0.0183. The van der Waals surface area contributed by atoms with E-state index < -0.39 is 0 Å². The average molecular weight is 497 g/mol. The molecule has 1 aromatic heterocycles. The summed E-state index contributed by atoms with van der Waals surface area (Å²) in [5, 5.41) is 12.2. The molecular formula is C28H27Cl2FN2O. The van der Waals surface area contributed by atoms with E-state index in [-0.39, 0.29) is 12.4 Å². The second-order valence-electron chi connectivity index (χ2n) is 8.92. The number of hydrogen-bond donors (Lipinski definition) is 1. The number of likely N-dealkylation sites (tertiary alicyclic amines) is 1. The number of aromatic nitrogens is 1. The van der Waals surface area contributed by atoms with Crippen LogP contribution < -0.4 is 0 Å². The first kappa shape index (κ1) is 23.4. The summed E-state index contributed by atoms with van der Waals surface area (Å²) in [6.07, 6.45) is 1.93. The Bertz CT molecular complexity index is 1280. The van der Waals surface area contributed by atoms with Gasteiger partial charge in [-0.05, 0) is 78.9 Å². The lowest BCUT2D eigenvalue weighted by atomic mass is 9.89. The predicted molar refractivity (Wildman–Crippen MR) is 138 cm³/mol. The van der Waals surface area contributed by atoms with Crippen LogP contribution in [0.15, 0.2) is 66.7 Å². The Morgan fingerprint density at radius 2 is 1.62 bits per heavy atom. The molecule has 0 aliphatic carbocycles. The Kier molecular flexibility index (Phi) is 6.94. The topological polar surface area (TPSA) is 28.4 Å². The summed E-state index contributed by atoms with van der Waals surface area (Å²) in [5.74, 6) is 0.0841. The summed E-state index contributed by atoms with van der Waals surface area (Å²) >= 11 is 12.9. The SMILES string of the molecule is OCCn1c(-c2ccccc2)c(CN2CCC(c3c(Cl)cccc3Cl)CC2)c2cc(F)ccc21. The zero-order valence-corrected chi connectivity index (χ0v) is 20.4. The Balaban J connectivity index is 1.49. The van der Waals surface area contributed by atoms with E-state index in [1.165, 1.54) is 6.07 Å². The van der Waals surface area contributed by atoms with Gasteiger partial charge in [-0.3, -0.25) is 4.90 Å². The molecule has 2 heterocycles. The average Bonchev–Trinajstić information content (AvgIpc) is 3.13. The molecule has 0 spiro atoms. The van der Waals surface area contributed by atoms with Crippen molar-refractivity contribution in [2.75, 3.05) is 19.7 Å². The highest BCUT2D eigenvalue weighted by atomic mass is 35.5. The first-order valence-corrected chi connectivity index (χ1v) is 12.5. The first-order chi connectivity index (χ1) is 16.6. The van der Waals surface area contributed by atoms with E-state index in [4.69, 9.17) is 23.2 Å². The molecule has 34 heavy (non-hydrogen) atoms. The summed E-state index contributed by atoms with van der Waals surface area (Å²) in [6.45, 7) is 3.00. The molecule has 0 saturated carbocycles. The van der Waals surface area contributed by atoms with E-state index in [1.807, 2.05) is 42.5 Å². The number of piperidine rings is 1. The van der Waals surface area contributed by atoms with Gasteiger partial charge in [0, 0.05) is 34.0 Å². The van der Waals surface area contributed by atoms with Crippen molar-refractivity contribution in [3.05, 3.63) is 93.7 Å². The number of fused-ring (bicyclic) bond motifs is 1. The number of rotatable bonds is 6. The molecule has 0 bridgehead atoms. The van der Waals surface area contributed by atoms with Crippen molar-refractivity contribution in [2.24, 2.45) is 0 Å². The Morgan fingerprint density at radius 1 is 0.912 bits per heavy atom. The highest BCUT2D eigenvalue weighted by Gasteiger charge is 2.26. The first-order valence-electron chi connectivity index (χ1n) is 11.7. The number of halogens is 3. The summed E-state index contributed by atoms with van der Waals surface area (Å²) < 4.78 is 16.5. The van der Waals surface area contributed by atoms with E-state index in [0.717, 1.165) is 69.3 Å². The van der Waals surface area contributed by atoms with Gasteiger partial charge in [0.1, 0.15) is 5.82 Å². The lowest BCUT2D eigenvalue weighted by molar-refractivity contribution is 0.205. The molecule has 6 heteroatoms. The van der Waals surface area contributed by atoms with E-state index in [9.17, 15) is 9.50 Å². The highest BCUT2D eigenvalue weighted by Crippen LogP contribution is 2.39. The van der Waals surface area contributed by atoms with Gasteiger partial charge in [0.15, 0.2) is 0 Å². The van der Waals surface area contributed by atoms with Crippen molar-refractivity contribution in [1.29, 1.82) is 0 Å². The third kappa shape index (κ3) is 4.48. The van der Waals surface area contributed by atoms with E-state index in [1.54, 1.807) is 6.07 Å². The Hall–Kier alpha value is -2.37. The monoisotopic (exact) mass is 496 g/mol. The standard InChI is InChI=1S/C28H27Cl2FN2O/c29-24-7-4-8-25(30)27(24)19-11-13-32(14-12-19)18-23-22-17-21(31)9-10-26(22)33(15-16-34)28(23)20-5-2-1-3-6-20/h1-10,17,19,34H,11-16,18H2. The lowest BCUT2D eigenvalue weighted by Gasteiger charge is -2.33. The fraction of sp³-hybridized carbons (Fsp3) is 0.286. The van der Waals surface area contributed by atoms with Gasteiger partial charge in [0.2, 0.25) is 0 Å². The smallest absolute Gasteiger partial charge is 0.123 e. The fourth-order valence-electron chi connectivity index (χ4n) is 5.32. The van der Waals surface area contributed by atoms with Crippen LogP contribution in [0.25, 0.3) is 22.2 Å². The summed E-state index contributed by atoms with van der Waals surface area (Å²) in [5.41, 5.74) is 5.22. The predicted octanol–water partition coefficient (Wildman–Crippen LogP) is 7.13. The Morgan fingerprint density at radius 3 is 2.29 bits per heavy atom. The molecule has 1 N–H and O–H groups in total. The second kappa shape index (κ2) is 10.1. The highest BCUT2D eigenvalue weighted by molar-refractivity contribution is 6.36. The molecule has 0 amide bonds. The lowest BCUT2D eigenvalue weighted by Crippen LogP contribution is -2.32. The van der Waals surface area contributed by atoms with Crippen LogP contribution in [0.3, 0.4) is 0 Å². The van der Waals surface area contributed by atoms with Crippen molar-refractivity contribution < 1.29 is 9.50 Å². The molecule has 0 radical (unpaired) electrons. The molecule has 176 valence electrons. The molecule has 4 aromatic rings. The van der Waals surface area contributed by atoms with Crippen molar-refractivity contribution in [1.82, 2.24) is 9.47 Å². The van der Waals surface area contributed by atoms with Gasteiger partial charge >= 0.3 is 0 Å². The molecular weight excluding hydrogens is 470 g/mol. The zero-order chi connectivity index (χ0) is 23.7. The third-order valence-corrected chi connectivity index (χ3v) is 7.54. The van der Waals surface area contributed by atoms with Crippen LogP contribution in [0, 0.1) is 5.82 Å². The van der Waals surface area contributed by atoms with Crippen molar-refractivity contribution in [2.45, 2.75) is 31.8 Å². The van der Waals surface area contributed by atoms with Crippen molar-refractivity contribution in [3.8, 4) is 11.3 Å². The molecule has 3 nitrogen and oxygen atoms in total. The number of aliphatic hydroxyl groups excluding tert-OH is 1. The van der Waals surface area contributed by atoms with E-state index in [2.05, 4.69) is 21.6 Å². The van der Waals surface area contributed by atoms with Crippen LogP contribution in [0.2, 0.25) is 10.0 Å². The van der Waals surface area contributed by atoms with Crippen LogP contribution in [0.5, 0.6) is 0 Å². The van der Waals surface area contributed by atoms with Gasteiger partial charge in [0.25, 0.3) is 0 Å². The zero-order valence-electron chi connectivity index (χ0n) is 18.9. The number of nitrogens with zero attached hydrogens (tertiary/aromatic N) is 2. The fourth-order valence-corrected chi connectivity index (χ4v) is 6.02. The van der Waals surface area contributed by atoms with Gasteiger partial charge < -0.3 is 9.67 Å². The van der Waals surface area contributed by atoms with Crippen LogP contribution in [0.1, 0.15) is 29.9 Å². The quantitative estimate of drug-likeness (QED) is 0.307. The second-order valence-corrected chi connectivity index (χ2v) is 9.73. The van der Waals surface area contributed by atoms with Gasteiger partial charge in [-0.15, -0.1) is 0 Å². The summed E-state index contributed by atoms with van der Waals surface area (Å²) in [6, 6.07) is 20.8. The van der Waals surface area contributed by atoms with Crippen molar-refractivity contribution >= 4 is 34.1 Å². The largest absolute Gasteiger partial charge is 0.395 e. The minimum atomic E-state index is -0.249. The normalized spacial score (nSPS) is 15.3. The maximum absolute atomic E-state index is 14.3. The van der Waals surface area contributed by atoms with Crippen molar-refractivity contribution in [3.63, 3.8) is 0 Å². The summed E-state index contributed by atoms with van der Waals surface area (Å²) in [7, 11) is 0. The maximum Gasteiger partial charge on any atom is 0.123 e. The Labute approximate surface area is 209 Å². The van der Waals surface area contributed by atoms with Gasteiger partial charge in [-0.2, -0.15) is 0 Å². The van der Waals surface area contributed by atoms with Gasteiger partial charge in [0.05, 0.1) is 12.3 Å². The van der Waals surface area contributed by atoms with E-state index >= 15 is 0 Å². The molecule has 1 saturated heterocycles. The molecule has 1 aliphatic rings. The molecule has 0 unspecified atom stereocenters. The number of hydrogen-bond acceptors (Lipinski definition) is 2. The molecule has 3 aromatic carbocycles. The molecule has 0 atom stereocenters. The minimum Gasteiger partial charge on any atom is -0.395 e. The van der Waals surface area contributed by atoms with Gasteiger partial charge in [-0.25, -0.2) is 4.39 Å². The van der Waals surface area contributed by atoms with E-state index in [0.29, 0.717) is 19.0 Å². The van der Waals surface area contributed by atoms with Crippen LogP contribution >= 0.6 is 23.2 Å². The van der Waals surface area contributed by atoms with Crippen LogP contribution in [-0.2, 0) is 13.1 Å². The number of benzene rings is 3. The third-order valence-electron chi connectivity index (χ3n) is 6.88. The molecule has 5 rings (SSSR count). The van der Waals surface area contributed by atoms with Crippen LogP contribution in [0.4, 0.5) is 4.39 Å². The van der Waals surface area contributed by atoms with Gasteiger partial charge in [-0.1, -0.05) is 59.6 Å². The van der Waals surface area contributed by atoms with Crippen LogP contribution in [-0.4, -0.2) is 34.3 Å². The molecule has 1 aliphatic heterocycles. The molecule has 1 fully saturated rings.